The zero-order valence-corrected chi connectivity index (χ0v) is 14.6. The van der Waals surface area contributed by atoms with Crippen molar-refractivity contribution in [2.24, 2.45) is 0 Å². The van der Waals surface area contributed by atoms with Crippen molar-refractivity contribution in [3.8, 4) is 5.69 Å². The summed E-state index contributed by atoms with van der Waals surface area (Å²) in [6, 6.07) is 10.5. The van der Waals surface area contributed by atoms with Crippen molar-refractivity contribution in [2.75, 3.05) is 0 Å². The van der Waals surface area contributed by atoms with E-state index >= 15 is 0 Å². The first kappa shape index (κ1) is 15.1. The Labute approximate surface area is 145 Å². The zero-order valence-electron chi connectivity index (χ0n) is 10.9. The lowest BCUT2D eigenvalue weighted by Gasteiger charge is -2.10. The molecular formula is C15H10Cl2FIN2. The topological polar surface area (TPSA) is 17.8 Å². The maximum atomic E-state index is 13.9. The lowest BCUT2D eigenvalue weighted by molar-refractivity contribution is 0.621. The van der Waals surface area contributed by atoms with Crippen LogP contribution in [0.4, 0.5) is 4.39 Å². The number of benzene rings is 2. The third-order valence-corrected chi connectivity index (χ3v) is 4.44. The molecule has 2 aromatic carbocycles. The molecule has 6 heteroatoms. The van der Waals surface area contributed by atoms with Gasteiger partial charge in [-0.3, -0.25) is 4.57 Å². The van der Waals surface area contributed by atoms with Gasteiger partial charge in [-0.1, -0.05) is 11.6 Å². The lowest BCUT2D eigenvalue weighted by atomic mass is 10.2. The van der Waals surface area contributed by atoms with Gasteiger partial charge in [-0.15, -0.1) is 11.6 Å². The van der Waals surface area contributed by atoms with E-state index in [0.29, 0.717) is 19.9 Å². The summed E-state index contributed by atoms with van der Waals surface area (Å²) in [6.45, 7) is 1.84. The molecular weight excluding hydrogens is 425 g/mol. The van der Waals surface area contributed by atoms with Crippen LogP contribution in [0.5, 0.6) is 0 Å². The summed E-state index contributed by atoms with van der Waals surface area (Å²) in [5, 5.41) is 0.346. The number of alkyl halides is 1. The molecule has 3 aromatic rings. The van der Waals surface area contributed by atoms with Crippen LogP contribution in [0.25, 0.3) is 16.7 Å². The SMILES string of the molecule is CC(Cl)c1nc2cc(I)c(F)cc2n1-c1ccc(Cl)cc1. The summed E-state index contributed by atoms with van der Waals surface area (Å²) in [6.07, 6.45) is 0. The van der Waals surface area contributed by atoms with Crippen LogP contribution in [-0.4, -0.2) is 9.55 Å². The molecule has 0 amide bonds. The van der Waals surface area contributed by atoms with Gasteiger partial charge >= 0.3 is 0 Å². The van der Waals surface area contributed by atoms with Crippen molar-refractivity contribution in [1.29, 1.82) is 0 Å². The Morgan fingerprint density at radius 1 is 1.24 bits per heavy atom. The average Bonchev–Trinajstić information content (AvgIpc) is 2.79. The molecule has 0 fully saturated rings. The minimum absolute atomic E-state index is 0.271. The standard InChI is InChI=1S/C15H10Cl2FIN2/c1-8(16)15-20-13-7-12(19)11(18)6-14(13)21(15)10-4-2-9(17)3-5-10/h2-8H,1H3. The Kier molecular flexibility index (Phi) is 4.12. The van der Waals surface area contributed by atoms with E-state index in [1.165, 1.54) is 6.07 Å². The van der Waals surface area contributed by atoms with Gasteiger partial charge in [0.2, 0.25) is 0 Å². The van der Waals surface area contributed by atoms with Crippen molar-refractivity contribution >= 4 is 56.8 Å². The van der Waals surface area contributed by atoms with E-state index in [9.17, 15) is 4.39 Å². The fraction of sp³-hybridized carbons (Fsp3) is 0.133. The zero-order chi connectivity index (χ0) is 15.1. The molecule has 21 heavy (non-hydrogen) atoms. The lowest BCUT2D eigenvalue weighted by Crippen LogP contribution is -2.01. The highest BCUT2D eigenvalue weighted by molar-refractivity contribution is 14.1. The van der Waals surface area contributed by atoms with Gasteiger partial charge in [-0.2, -0.15) is 0 Å². The number of hydrogen-bond acceptors (Lipinski definition) is 1. The van der Waals surface area contributed by atoms with Gasteiger partial charge in [-0.05, 0) is 59.8 Å². The molecule has 3 rings (SSSR count). The molecule has 0 aliphatic rings. The van der Waals surface area contributed by atoms with Gasteiger partial charge in [0.25, 0.3) is 0 Å². The fourth-order valence-corrected chi connectivity index (χ4v) is 2.94. The Morgan fingerprint density at radius 3 is 2.52 bits per heavy atom. The molecule has 2 nitrogen and oxygen atoms in total. The molecule has 1 unspecified atom stereocenters. The predicted octanol–water partition coefficient (Wildman–Crippen LogP) is 5.72. The molecule has 108 valence electrons. The Hall–Kier alpha value is -0.850. The Bertz CT molecular complexity index is 813. The predicted molar refractivity (Wildman–Crippen MR) is 93.0 cm³/mol. The maximum Gasteiger partial charge on any atom is 0.138 e. The van der Waals surface area contributed by atoms with Gasteiger partial charge in [-0.25, -0.2) is 9.37 Å². The quantitative estimate of drug-likeness (QED) is 0.372. The molecule has 1 aromatic heterocycles. The summed E-state index contributed by atoms with van der Waals surface area (Å²) in [5.74, 6) is 0.405. The second-order valence-electron chi connectivity index (χ2n) is 4.65. The number of aromatic nitrogens is 2. The maximum absolute atomic E-state index is 13.9. The third-order valence-electron chi connectivity index (χ3n) is 3.16. The van der Waals surface area contributed by atoms with E-state index in [2.05, 4.69) is 4.98 Å². The van der Waals surface area contributed by atoms with Gasteiger partial charge in [0.15, 0.2) is 0 Å². The number of hydrogen-bond donors (Lipinski definition) is 0. The van der Waals surface area contributed by atoms with Crippen LogP contribution < -0.4 is 0 Å². The molecule has 0 aliphatic carbocycles. The van der Waals surface area contributed by atoms with E-state index in [-0.39, 0.29) is 11.2 Å². The first-order chi connectivity index (χ1) is 9.97. The van der Waals surface area contributed by atoms with Gasteiger partial charge in [0.05, 0.1) is 20.0 Å². The highest BCUT2D eigenvalue weighted by Gasteiger charge is 2.18. The first-order valence-electron chi connectivity index (χ1n) is 6.25. The molecule has 0 bridgehead atoms. The minimum atomic E-state index is -0.297. The smallest absolute Gasteiger partial charge is 0.138 e. The van der Waals surface area contributed by atoms with Crippen molar-refractivity contribution in [3.63, 3.8) is 0 Å². The van der Waals surface area contributed by atoms with Gasteiger partial charge < -0.3 is 0 Å². The summed E-state index contributed by atoms with van der Waals surface area (Å²) >= 11 is 14.1. The average molecular weight is 435 g/mol. The molecule has 0 saturated carbocycles. The Balaban J connectivity index is 2.35. The van der Waals surface area contributed by atoms with Crippen LogP contribution in [0.3, 0.4) is 0 Å². The van der Waals surface area contributed by atoms with Crippen LogP contribution in [0, 0.1) is 9.39 Å². The highest BCUT2D eigenvalue weighted by atomic mass is 127. The van der Waals surface area contributed by atoms with E-state index in [0.717, 1.165) is 11.2 Å². The van der Waals surface area contributed by atoms with E-state index in [1.807, 2.05) is 46.2 Å². The van der Waals surface area contributed by atoms with E-state index < -0.39 is 0 Å². The van der Waals surface area contributed by atoms with Crippen LogP contribution in [-0.2, 0) is 0 Å². The van der Waals surface area contributed by atoms with Crippen molar-refractivity contribution < 1.29 is 4.39 Å². The van der Waals surface area contributed by atoms with Gasteiger partial charge in [0, 0.05) is 16.8 Å². The summed E-state index contributed by atoms with van der Waals surface area (Å²) in [5.41, 5.74) is 2.26. The van der Waals surface area contributed by atoms with Crippen molar-refractivity contribution in [3.05, 3.63) is 56.6 Å². The molecule has 0 N–H and O–H groups in total. The molecule has 0 saturated heterocycles. The second kappa shape index (κ2) is 5.74. The van der Waals surface area contributed by atoms with Gasteiger partial charge in [0.1, 0.15) is 11.6 Å². The monoisotopic (exact) mass is 434 g/mol. The largest absolute Gasteiger partial charge is 0.295 e. The van der Waals surface area contributed by atoms with Crippen LogP contribution in [0.15, 0.2) is 36.4 Å². The van der Waals surface area contributed by atoms with Crippen molar-refractivity contribution in [2.45, 2.75) is 12.3 Å². The van der Waals surface area contributed by atoms with Crippen LogP contribution in [0.1, 0.15) is 18.1 Å². The number of fused-ring (bicyclic) bond motifs is 1. The second-order valence-corrected chi connectivity index (χ2v) is 6.91. The van der Waals surface area contributed by atoms with Crippen LogP contribution in [0.2, 0.25) is 5.02 Å². The third kappa shape index (κ3) is 2.76. The molecule has 1 atom stereocenters. The summed E-state index contributed by atoms with van der Waals surface area (Å²) in [4.78, 5) is 4.54. The molecule has 0 spiro atoms. The number of nitrogens with zero attached hydrogens (tertiary/aromatic N) is 2. The highest BCUT2D eigenvalue weighted by Crippen LogP contribution is 2.30. The molecule has 1 heterocycles. The van der Waals surface area contributed by atoms with E-state index in [1.54, 1.807) is 18.2 Å². The van der Waals surface area contributed by atoms with E-state index in [4.69, 9.17) is 23.2 Å². The van der Waals surface area contributed by atoms with Crippen molar-refractivity contribution in [1.82, 2.24) is 9.55 Å². The Morgan fingerprint density at radius 2 is 1.90 bits per heavy atom. The number of halogens is 4. The number of rotatable bonds is 2. The first-order valence-corrected chi connectivity index (χ1v) is 8.14. The number of imidazole rings is 1. The summed E-state index contributed by atoms with van der Waals surface area (Å²) in [7, 11) is 0. The van der Waals surface area contributed by atoms with Crippen LogP contribution >= 0.6 is 45.8 Å². The molecule has 0 aliphatic heterocycles. The minimum Gasteiger partial charge on any atom is -0.295 e. The fourth-order valence-electron chi connectivity index (χ4n) is 2.22. The summed E-state index contributed by atoms with van der Waals surface area (Å²) < 4.78 is 16.3. The normalized spacial score (nSPS) is 12.8. The molecule has 0 radical (unpaired) electrons.